The maximum atomic E-state index is 12.7. The summed E-state index contributed by atoms with van der Waals surface area (Å²) in [4.78, 5) is 24.6. The first-order valence-corrected chi connectivity index (χ1v) is 8.95. The average molecular weight is 387 g/mol. The van der Waals surface area contributed by atoms with Gasteiger partial charge in [0, 0.05) is 16.6 Å². The van der Waals surface area contributed by atoms with Crippen molar-refractivity contribution < 1.29 is 14.3 Å². The fourth-order valence-electron chi connectivity index (χ4n) is 2.77. The lowest BCUT2D eigenvalue weighted by molar-refractivity contribution is -0.143. The van der Waals surface area contributed by atoms with Crippen LogP contribution in [-0.4, -0.2) is 39.9 Å². The zero-order chi connectivity index (χ0) is 19.2. The molecular weight excluding hydrogens is 368 g/mol. The van der Waals surface area contributed by atoms with Gasteiger partial charge < -0.3 is 10.1 Å². The molecule has 1 amide bonds. The first kappa shape index (κ1) is 18.8. The molecule has 0 aliphatic carbocycles. The molecule has 0 bridgehead atoms. The Morgan fingerprint density at radius 1 is 1.19 bits per heavy atom. The molecule has 3 aromatic rings. The highest BCUT2D eigenvalue weighted by Gasteiger charge is 2.20. The van der Waals surface area contributed by atoms with E-state index in [0.29, 0.717) is 28.0 Å². The number of carbonyl (C=O) groups excluding carboxylic acids is 2. The molecule has 2 N–H and O–H groups in total. The third kappa shape index (κ3) is 4.83. The van der Waals surface area contributed by atoms with Gasteiger partial charge in [-0.25, -0.2) is 0 Å². The molecule has 0 aliphatic heterocycles. The van der Waals surface area contributed by atoms with Gasteiger partial charge in [0.1, 0.15) is 11.0 Å². The molecule has 0 saturated carbocycles. The maximum Gasteiger partial charge on any atom is 0.307 e. The van der Waals surface area contributed by atoms with Crippen molar-refractivity contribution in [3.05, 3.63) is 58.6 Å². The van der Waals surface area contributed by atoms with E-state index in [1.165, 1.54) is 0 Å². The standard InChI is InChI=1S/C19H19ClN4O3/c1-2-27-18(25)11-14(9-12-5-3-4-6-15(12)20)21-19(26)13-7-8-16-17(10-13)23-24-22-16/h3-8,10,14H,2,9,11H2,1H3,(H,21,26)(H,22,23,24). The number of amides is 1. The van der Waals surface area contributed by atoms with Crippen molar-refractivity contribution in [1.82, 2.24) is 20.7 Å². The maximum absolute atomic E-state index is 12.7. The Morgan fingerprint density at radius 3 is 2.74 bits per heavy atom. The molecule has 1 heterocycles. The second kappa shape index (κ2) is 8.64. The number of rotatable bonds is 7. The number of aromatic amines is 1. The summed E-state index contributed by atoms with van der Waals surface area (Å²) in [5, 5.41) is 13.9. The Morgan fingerprint density at radius 2 is 1.96 bits per heavy atom. The first-order chi connectivity index (χ1) is 13.1. The van der Waals surface area contributed by atoms with E-state index in [1.807, 2.05) is 18.2 Å². The van der Waals surface area contributed by atoms with Crippen LogP contribution in [0.2, 0.25) is 5.02 Å². The quantitative estimate of drug-likeness (QED) is 0.608. The third-order valence-electron chi connectivity index (χ3n) is 4.06. The van der Waals surface area contributed by atoms with E-state index in [2.05, 4.69) is 20.7 Å². The van der Waals surface area contributed by atoms with Gasteiger partial charge in [0.25, 0.3) is 5.91 Å². The van der Waals surface area contributed by atoms with E-state index in [4.69, 9.17) is 16.3 Å². The van der Waals surface area contributed by atoms with E-state index < -0.39 is 6.04 Å². The number of nitrogens with zero attached hydrogens (tertiary/aromatic N) is 2. The minimum absolute atomic E-state index is 0.0526. The summed E-state index contributed by atoms with van der Waals surface area (Å²) in [6.45, 7) is 2.03. The third-order valence-corrected chi connectivity index (χ3v) is 4.42. The zero-order valence-electron chi connectivity index (χ0n) is 14.7. The predicted octanol–water partition coefficient (Wildman–Crippen LogP) is 2.91. The van der Waals surface area contributed by atoms with Crippen molar-refractivity contribution in [2.75, 3.05) is 6.61 Å². The summed E-state index contributed by atoms with van der Waals surface area (Å²) in [7, 11) is 0. The number of halogens is 1. The molecule has 0 fully saturated rings. The number of ether oxygens (including phenoxy) is 1. The van der Waals surface area contributed by atoms with Crippen molar-refractivity contribution in [1.29, 1.82) is 0 Å². The minimum atomic E-state index is -0.454. The van der Waals surface area contributed by atoms with Gasteiger partial charge in [-0.1, -0.05) is 29.8 Å². The van der Waals surface area contributed by atoms with Crippen LogP contribution in [0.4, 0.5) is 0 Å². The largest absolute Gasteiger partial charge is 0.466 e. The number of hydrogen-bond acceptors (Lipinski definition) is 5. The zero-order valence-corrected chi connectivity index (χ0v) is 15.5. The topological polar surface area (TPSA) is 97.0 Å². The monoisotopic (exact) mass is 386 g/mol. The molecule has 2 aromatic carbocycles. The van der Waals surface area contributed by atoms with Gasteiger partial charge in [0.15, 0.2) is 0 Å². The molecule has 7 nitrogen and oxygen atoms in total. The van der Waals surface area contributed by atoms with Crippen LogP contribution in [0, 0.1) is 0 Å². The van der Waals surface area contributed by atoms with Crippen molar-refractivity contribution in [2.24, 2.45) is 0 Å². The van der Waals surface area contributed by atoms with E-state index in [9.17, 15) is 9.59 Å². The number of nitrogens with one attached hydrogen (secondary N) is 2. The van der Waals surface area contributed by atoms with Crippen LogP contribution in [0.1, 0.15) is 29.3 Å². The molecule has 1 atom stereocenters. The Hall–Kier alpha value is -2.93. The van der Waals surface area contributed by atoms with Gasteiger partial charge in [0.05, 0.1) is 13.0 Å². The first-order valence-electron chi connectivity index (χ1n) is 8.57. The van der Waals surface area contributed by atoms with E-state index >= 15 is 0 Å². The van der Waals surface area contributed by atoms with Crippen LogP contribution in [-0.2, 0) is 16.0 Å². The number of fused-ring (bicyclic) bond motifs is 1. The highest BCUT2D eigenvalue weighted by Crippen LogP contribution is 2.18. The summed E-state index contributed by atoms with van der Waals surface area (Å²) in [5.41, 5.74) is 2.55. The van der Waals surface area contributed by atoms with Crippen LogP contribution in [0.3, 0.4) is 0 Å². The molecular formula is C19H19ClN4O3. The molecule has 0 saturated heterocycles. The molecule has 3 rings (SSSR count). The van der Waals surface area contributed by atoms with Crippen molar-refractivity contribution >= 4 is 34.5 Å². The van der Waals surface area contributed by atoms with Crippen molar-refractivity contribution in [2.45, 2.75) is 25.8 Å². The summed E-state index contributed by atoms with van der Waals surface area (Å²) in [6.07, 6.45) is 0.466. The lowest BCUT2D eigenvalue weighted by atomic mass is 10.0. The average Bonchev–Trinajstić information content (AvgIpc) is 3.11. The second-order valence-corrected chi connectivity index (χ2v) is 6.41. The smallest absolute Gasteiger partial charge is 0.307 e. The second-order valence-electron chi connectivity index (χ2n) is 6.00. The molecule has 140 valence electrons. The van der Waals surface area contributed by atoms with E-state index in [-0.39, 0.29) is 24.9 Å². The lowest BCUT2D eigenvalue weighted by Gasteiger charge is -2.19. The molecule has 8 heteroatoms. The van der Waals surface area contributed by atoms with Crippen LogP contribution in [0.15, 0.2) is 42.5 Å². The minimum Gasteiger partial charge on any atom is -0.466 e. The summed E-state index contributed by atoms with van der Waals surface area (Å²) in [5.74, 6) is -0.678. The molecule has 0 spiro atoms. The van der Waals surface area contributed by atoms with Gasteiger partial charge >= 0.3 is 5.97 Å². The highest BCUT2D eigenvalue weighted by molar-refractivity contribution is 6.31. The van der Waals surface area contributed by atoms with Gasteiger partial charge in [-0.3, -0.25) is 9.59 Å². The lowest BCUT2D eigenvalue weighted by Crippen LogP contribution is -2.38. The predicted molar refractivity (Wildman–Crippen MR) is 102 cm³/mol. The Balaban J connectivity index is 1.77. The number of carbonyl (C=O) groups is 2. The number of benzene rings is 2. The number of H-pyrrole nitrogens is 1. The Labute approximate surface area is 161 Å². The Kier molecular flexibility index (Phi) is 6.03. The van der Waals surface area contributed by atoms with Crippen LogP contribution in [0.25, 0.3) is 11.0 Å². The normalized spacial score (nSPS) is 11.9. The van der Waals surface area contributed by atoms with Crippen LogP contribution in [0.5, 0.6) is 0 Å². The van der Waals surface area contributed by atoms with Crippen molar-refractivity contribution in [3.8, 4) is 0 Å². The van der Waals surface area contributed by atoms with Crippen molar-refractivity contribution in [3.63, 3.8) is 0 Å². The summed E-state index contributed by atoms with van der Waals surface area (Å²) < 4.78 is 5.03. The van der Waals surface area contributed by atoms with Crippen LogP contribution >= 0.6 is 11.6 Å². The van der Waals surface area contributed by atoms with Crippen LogP contribution < -0.4 is 5.32 Å². The van der Waals surface area contributed by atoms with Gasteiger partial charge in [-0.05, 0) is 43.2 Å². The molecule has 1 unspecified atom stereocenters. The molecule has 0 radical (unpaired) electrons. The fraction of sp³-hybridized carbons (Fsp3) is 0.263. The SMILES string of the molecule is CCOC(=O)CC(Cc1ccccc1Cl)NC(=O)c1ccc2n[nH]nc2c1. The van der Waals surface area contributed by atoms with E-state index in [1.54, 1.807) is 31.2 Å². The number of aromatic nitrogens is 3. The van der Waals surface area contributed by atoms with Gasteiger partial charge in [0.2, 0.25) is 0 Å². The van der Waals surface area contributed by atoms with Gasteiger partial charge in [-0.2, -0.15) is 15.4 Å². The highest BCUT2D eigenvalue weighted by atomic mass is 35.5. The number of esters is 1. The van der Waals surface area contributed by atoms with Gasteiger partial charge in [-0.15, -0.1) is 0 Å². The fourth-order valence-corrected chi connectivity index (χ4v) is 2.99. The summed E-state index contributed by atoms with van der Waals surface area (Å²) >= 11 is 6.22. The molecule has 27 heavy (non-hydrogen) atoms. The molecule has 0 aliphatic rings. The molecule has 1 aromatic heterocycles. The summed E-state index contributed by atoms with van der Waals surface area (Å²) in [6, 6.07) is 11.9. The number of hydrogen-bond donors (Lipinski definition) is 2. The van der Waals surface area contributed by atoms with E-state index in [0.717, 1.165) is 5.56 Å². The Bertz CT molecular complexity index is 957.